The van der Waals surface area contributed by atoms with Gasteiger partial charge in [0.25, 0.3) is 5.78 Å². The van der Waals surface area contributed by atoms with Gasteiger partial charge in [-0.15, -0.1) is 5.10 Å². The third-order valence-electron chi connectivity index (χ3n) is 4.56. The van der Waals surface area contributed by atoms with Crippen molar-refractivity contribution in [3.05, 3.63) is 53.3 Å². The molecular formula is C19H20N4OS. The molecule has 0 fully saturated rings. The minimum atomic E-state index is 0.139. The molecule has 0 N–H and O–H groups in total. The molecule has 0 spiro atoms. The van der Waals surface area contributed by atoms with E-state index in [1.807, 2.05) is 18.2 Å². The van der Waals surface area contributed by atoms with Crippen molar-refractivity contribution in [1.29, 1.82) is 0 Å². The van der Waals surface area contributed by atoms with E-state index in [-0.39, 0.29) is 11.7 Å². The molecule has 1 aliphatic carbocycles. The molecule has 6 heteroatoms. The van der Waals surface area contributed by atoms with Crippen molar-refractivity contribution in [2.75, 3.05) is 5.75 Å². The van der Waals surface area contributed by atoms with Crippen LogP contribution in [-0.2, 0) is 6.42 Å². The van der Waals surface area contributed by atoms with Crippen LogP contribution in [0.2, 0.25) is 0 Å². The van der Waals surface area contributed by atoms with Gasteiger partial charge in [0.2, 0.25) is 5.16 Å². The number of hydrogen-bond acceptors (Lipinski definition) is 5. The van der Waals surface area contributed by atoms with E-state index in [0.29, 0.717) is 17.8 Å². The lowest BCUT2D eigenvalue weighted by molar-refractivity contribution is 0.0962. The second-order valence-electron chi connectivity index (χ2n) is 6.38. The number of nitrogens with zero attached hydrogens (tertiary/aromatic N) is 4. The van der Waals surface area contributed by atoms with Crippen LogP contribution in [0.4, 0.5) is 0 Å². The van der Waals surface area contributed by atoms with Crippen LogP contribution in [0.3, 0.4) is 0 Å². The van der Waals surface area contributed by atoms with Crippen LogP contribution in [0.15, 0.2) is 41.7 Å². The maximum Gasteiger partial charge on any atom is 0.253 e. The van der Waals surface area contributed by atoms with Crippen LogP contribution in [0.25, 0.3) is 5.78 Å². The lowest BCUT2D eigenvalue weighted by Crippen LogP contribution is -2.21. The summed E-state index contributed by atoms with van der Waals surface area (Å²) in [7, 11) is 0. The molecule has 3 aromatic rings. The molecule has 25 heavy (non-hydrogen) atoms. The Morgan fingerprint density at radius 2 is 2.04 bits per heavy atom. The molecule has 128 valence electrons. The summed E-state index contributed by atoms with van der Waals surface area (Å²) in [6.45, 7) is 2.17. The zero-order valence-electron chi connectivity index (χ0n) is 14.2. The largest absolute Gasteiger partial charge is 0.294 e. The molecule has 5 nitrogen and oxygen atoms in total. The molecular weight excluding hydrogens is 332 g/mol. The fourth-order valence-electron chi connectivity index (χ4n) is 3.19. The van der Waals surface area contributed by atoms with Crippen molar-refractivity contribution in [2.24, 2.45) is 0 Å². The van der Waals surface area contributed by atoms with Crippen LogP contribution < -0.4 is 0 Å². The van der Waals surface area contributed by atoms with Crippen molar-refractivity contribution in [3.63, 3.8) is 0 Å². The lowest BCUT2D eigenvalue weighted by Gasteiger charge is -2.22. The molecule has 0 radical (unpaired) electrons. The van der Waals surface area contributed by atoms with E-state index in [4.69, 9.17) is 0 Å². The van der Waals surface area contributed by atoms with Crippen molar-refractivity contribution >= 4 is 23.3 Å². The first-order valence-corrected chi connectivity index (χ1v) is 9.70. The van der Waals surface area contributed by atoms with E-state index in [0.717, 1.165) is 35.9 Å². The number of rotatable bonds is 5. The van der Waals surface area contributed by atoms with Gasteiger partial charge in [0.15, 0.2) is 5.78 Å². The van der Waals surface area contributed by atoms with E-state index in [9.17, 15) is 4.79 Å². The molecule has 1 aromatic carbocycles. The minimum absolute atomic E-state index is 0.139. The molecule has 1 unspecified atom stereocenters. The highest BCUT2D eigenvalue weighted by Crippen LogP contribution is 2.32. The fraction of sp³-hybridized carbons (Fsp3) is 0.368. The summed E-state index contributed by atoms with van der Waals surface area (Å²) < 4.78 is 1.65. The molecule has 0 saturated carbocycles. The van der Waals surface area contributed by atoms with Crippen molar-refractivity contribution in [1.82, 2.24) is 19.6 Å². The Labute approximate surface area is 150 Å². The van der Waals surface area contributed by atoms with Gasteiger partial charge in [0.05, 0.1) is 11.3 Å². The van der Waals surface area contributed by atoms with Gasteiger partial charge < -0.3 is 0 Å². The molecule has 1 atom stereocenters. The summed E-state index contributed by atoms with van der Waals surface area (Å²) in [6.07, 6.45) is 5.39. The summed E-state index contributed by atoms with van der Waals surface area (Å²) in [5, 5.41) is 5.19. The Morgan fingerprint density at radius 1 is 1.20 bits per heavy atom. The van der Waals surface area contributed by atoms with Crippen LogP contribution in [0.1, 0.15) is 53.7 Å². The van der Waals surface area contributed by atoms with Crippen molar-refractivity contribution in [3.8, 4) is 0 Å². The molecule has 2 aromatic heterocycles. The SMILES string of the molecule is CCCCSc1nc2nc3c(cn2n1)C(=O)CC(c1ccccc1)C3. The maximum absolute atomic E-state index is 12.6. The number of unbranched alkanes of at least 4 members (excludes halogenated alkanes) is 1. The van der Waals surface area contributed by atoms with E-state index in [1.165, 1.54) is 5.56 Å². The smallest absolute Gasteiger partial charge is 0.253 e. The average molecular weight is 352 g/mol. The molecule has 2 heterocycles. The van der Waals surface area contributed by atoms with E-state index >= 15 is 0 Å². The third-order valence-corrected chi connectivity index (χ3v) is 5.49. The summed E-state index contributed by atoms with van der Waals surface area (Å²) in [5.74, 6) is 1.92. The van der Waals surface area contributed by atoms with Gasteiger partial charge in [-0.1, -0.05) is 55.4 Å². The number of aromatic nitrogens is 4. The summed E-state index contributed by atoms with van der Waals surface area (Å²) in [5.41, 5.74) is 2.73. The highest BCUT2D eigenvalue weighted by atomic mass is 32.2. The number of ketones is 1. The third kappa shape index (κ3) is 3.31. The number of carbonyl (C=O) groups excluding carboxylic acids is 1. The normalized spacial score (nSPS) is 17.0. The quantitative estimate of drug-likeness (QED) is 0.514. The zero-order valence-corrected chi connectivity index (χ0v) is 15.0. The van der Waals surface area contributed by atoms with Crippen LogP contribution in [0, 0.1) is 0 Å². The average Bonchev–Trinajstić information content (AvgIpc) is 3.03. The summed E-state index contributed by atoms with van der Waals surface area (Å²) in [6, 6.07) is 10.2. The number of fused-ring (bicyclic) bond motifs is 2. The first kappa shape index (κ1) is 16.3. The van der Waals surface area contributed by atoms with Crippen LogP contribution >= 0.6 is 11.8 Å². The molecule has 0 aliphatic heterocycles. The van der Waals surface area contributed by atoms with E-state index in [2.05, 4.69) is 34.1 Å². The molecule has 0 bridgehead atoms. The van der Waals surface area contributed by atoms with Gasteiger partial charge in [-0.25, -0.2) is 9.50 Å². The predicted molar refractivity (Wildman–Crippen MR) is 98.2 cm³/mol. The number of carbonyl (C=O) groups is 1. The van der Waals surface area contributed by atoms with Crippen LogP contribution in [0.5, 0.6) is 0 Å². The second kappa shape index (κ2) is 6.96. The first-order chi connectivity index (χ1) is 12.2. The minimum Gasteiger partial charge on any atom is -0.294 e. The predicted octanol–water partition coefficient (Wildman–Crippen LogP) is 3.93. The van der Waals surface area contributed by atoms with E-state index in [1.54, 1.807) is 22.5 Å². The Kier molecular flexibility index (Phi) is 4.53. The van der Waals surface area contributed by atoms with Gasteiger partial charge in [0, 0.05) is 18.4 Å². The molecule has 1 aliphatic rings. The van der Waals surface area contributed by atoms with Crippen molar-refractivity contribution in [2.45, 2.75) is 43.7 Å². The molecule has 0 amide bonds. The topological polar surface area (TPSA) is 60.1 Å². The van der Waals surface area contributed by atoms with Crippen molar-refractivity contribution < 1.29 is 4.79 Å². The van der Waals surface area contributed by atoms with Gasteiger partial charge in [-0.05, 0) is 24.3 Å². The van der Waals surface area contributed by atoms with E-state index < -0.39 is 0 Å². The Bertz CT molecular complexity index is 906. The number of benzene rings is 1. The Balaban J connectivity index is 1.64. The maximum atomic E-state index is 12.6. The fourth-order valence-corrected chi connectivity index (χ4v) is 4.10. The first-order valence-electron chi connectivity index (χ1n) is 8.72. The number of Topliss-reactive ketones (excluding diaryl/α,β-unsaturated/α-hetero) is 1. The van der Waals surface area contributed by atoms with Crippen LogP contribution in [-0.4, -0.2) is 31.1 Å². The summed E-state index contributed by atoms with van der Waals surface area (Å²) >= 11 is 1.64. The Hall–Kier alpha value is -2.21. The highest BCUT2D eigenvalue weighted by molar-refractivity contribution is 7.99. The number of hydrogen-bond donors (Lipinski definition) is 0. The summed E-state index contributed by atoms with van der Waals surface area (Å²) in [4.78, 5) is 21.8. The lowest BCUT2D eigenvalue weighted by atomic mass is 9.82. The van der Waals surface area contributed by atoms with Gasteiger partial charge >= 0.3 is 0 Å². The number of thioether (sulfide) groups is 1. The van der Waals surface area contributed by atoms with Gasteiger partial charge in [-0.3, -0.25) is 4.79 Å². The second-order valence-corrected chi connectivity index (χ2v) is 7.44. The standard InChI is InChI=1S/C19H20N4OS/c1-2-3-9-25-19-21-18-20-16-10-14(13-7-5-4-6-8-13)11-17(24)15(16)12-23(18)22-19/h4-8,12,14H,2-3,9-11H2,1H3. The molecule has 4 rings (SSSR count). The monoisotopic (exact) mass is 352 g/mol. The molecule has 0 saturated heterocycles. The van der Waals surface area contributed by atoms with Gasteiger partial charge in [-0.2, -0.15) is 4.98 Å². The Morgan fingerprint density at radius 3 is 2.84 bits per heavy atom. The highest BCUT2D eigenvalue weighted by Gasteiger charge is 2.28. The zero-order chi connectivity index (χ0) is 17.2. The van der Waals surface area contributed by atoms with Gasteiger partial charge in [0.1, 0.15) is 0 Å².